The molecule has 5 heterocycles. The Morgan fingerprint density at radius 2 is 1.74 bits per heavy atom. The summed E-state index contributed by atoms with van der Waals surface area (Å²) in [6, 6.07) is 16.0. The Bertz CT molecular complexity index is 1140. The number of piperidine rings is 2. The molecule has 0 spiro atoms. The summed E-state index contributed by atoms with van der Waals surface area (Å²) in [6.07, 6.45) is 2.45. The average Bonchev–Trinajstić information content (AvgIpc) is 2.98. The van der Waals surface area contributed by atoms with Crippen molar-refractivity contribution in [2.75, 3.05) is 18.0 Å². The van der Waals surface area contributed by atoms with Crippen molar-refractivity contribution in [3.05, 3.63) is 58.5 Å². The topological polar surface area (TPSA) is 46.3 Å². The third-order valence-corrected chi connectivity index (χ3v) is 6.76. The lowest BCUT2D eigenvalue weighted by atomic mass is 9.90. The van der Waals surface area contributed by atoms with E-state index in [1.54, 1.807) is 4.57 Å². The monoisotopic (exact) mass is 419 g/mol. The molecule has 6 nitrogen and oxygen atoms in total. The molecule has 31 heavy (non-hydrogen) atoms. The summed E-state index contributed by atoms with van der Waals surface area (Å²) in [5.74, 6) is 1.00. The molecular formula is C25H33N5O. The van der Waals surface area contributed by atoms with Crippen molar-refractivity contribution < 1.29 is 0 Å². The van der Waals surface area contributed by atoms with E-state index in [2.05, 4.69) is 73.0 Å². The van der Waals surface area contributed by atoms with Crippen LogP contribution in [0.3, 0.4) is 0 Å². The van der Waals surface area contributed by atoms with Gasteiger partial charge in [0.1, 0.15) is 5.82 Å². The van der Waals surface area contributed by atoms with Gasteiger partial charge >= 0.3 is 5.69 Å². The molecule has 1 aromatic carbocycles. The third-order valence-electron chi connectivity index (χ3n) is 6.76. The molecule has 6 rings (SSSR count). The normalized spacial score (nSPS) is 21.9. The summed E-state index contributed by atoms with van der Waals surface area (Å²) in [4.78, 5) is 23.0. The van der Waals surface area contributed by atoms with E-state index in [0.29, 0.717) is 18.6 Å². The van der Waals surface area contributed by atoms with Gasteiger partial charge in [0.2, 0.25) is 0 Å². The van der Waals surface area contributed by atoms with Gasteiger partial charge in [-0.05, 0) is 36.0 Å². The molecular weight excluding hydrogens is 386 g/mol. The van der Waals surface area contributed by atoms with E-state index in [9.17, 15) is 4.79 Å². The van der Waals surface area contributed by atoms with Crippen LogP contribution in [0.2, 0.25) is 0 Å². The maximum atomic E-state index is 12.9. The van der Waals surface area contributed by atoms with Gasteiger partial charge in [0.15, 0.2) is 5.65 Å². The first-order valence-corrected chi connectivity index (χ1v) is 11.4. The lowest BCUT2D eigenvalue weighted by molar-refractivity contribution is 0.0885. The number of anilines is 1. The van der Waals surface area contributed by atoms with Crippen LogP contribution in [0, 0.1) is 5.41 Å². The predicted octanol–water partition coefficient (Wildman–Crippen LogP) is 3.63. The Kier molecular flexibility index (Phi) is 4.93. The van der Waals surface area contributed by atoms with E-state index in [-0.39, 0.29) is 11.1 Å². The number of hydrogen-bond acceptors (Lipinski definition) is 4. The highest BCUT2D eigenvalue weighted by atomic mass is 16.1. The number of piperazine rings is 1. The summed E-state index contributed by atoms with van der Waals surface area (Å²) < 4.78 is 3.57. The van der Waals surface area contributed by atoms with Crippen molar-refractivity contribution in [3.63, 3.8) is 0 Å². The number of nitrogens with zero attached hydrogens (tertiary/aromatic N) is 5. The van der Waals surface area contributed by atoms with E-state index in [4.69, 9.17) is 4.98 Å². The van der Waals surface area contributed by atoms with E-state index in [1.807, 2.05) is 11.6 Å². The van der Waals surface area contributed by atoms with Crippen molar-refractivity contribution in [2.45, 2.75) is 58.8 Å². The van der Waals surface area contributed by atoms with Gasteiger partial charge in [-0.3, -0.25) is 14.0 Å². The highest BCUT2D eigenvalue weighted by molar-refractivity contribution is 5.74. The molecule has 0 aliphatic carbocycles. The highest BCUT2D eigenvalue weighted by Crippen LogP contribution is 2.33. The van der Waals surface area contributed by atoms with E-state index >= 15 is 0 Å². The van der Waals surface area contributed by atoms with Crippen LogP contribution in [0.15, 0.2) is 47.3 Å². The van der Waals surface area contributed by atoms with Crippen LogP contribution in [0.25, 0.3) is 11.2 Å². The zero-order valence-electron chi connectivity index (χ0n) is 19.1. The molecule has 2 aromatic heterocycles. The van der Waals surface area contributed by atoms with Crippen LogP contribution >= 0.6 is 0 Å². The summed E-state index contributed by atoms with van der Waals surface area (Å²) in [5, 5.41) is 0. The van der Waals surface area contributed by atoms with Crippen LogP contribution in [0.1, 0.15) is 39.2 Å². The van der Waals surface area contributed by atoms with E-state index < -0.39 is 0 Å². The smallest absolute Gasteiger partial charge is 0.330 e. The second-order valence-corrected chi connectivity index (χ2v) is 10.5. The highest BCUT2D eigenvalue weighted by Gasteiger charge is 2.39. The predicted molar refractivity (Wildman–Crippen MR) is 125 cm³/mol. The van der Waals surface area contributed by atoms with Crippen LogP contribution in [0.5, 0.6) is 0 Å². The van der Waals surface area contributed by atoms with Crippen molar-refractivity contribution in [1.82, 2.24) is 19.0 Å². The second kappa shape index (κ2) is 7.52. The Labute approximate surface area is 184 Å². The van der Waals surface area contributed by atoms with Gasteiger partial charge < -0.3 is 4.90 Å². The number of aromatic nitrogens is 3. The molecule has 3 fully saturated rings. The second-order valence-electron chi connectivity index (χ2n) is 10.5. The maximum absolute atomic E-state index is 12.9. The number of aryl methyl sites for hydroxylation is 1. The fourth-order valence-corrected chi connectivity index (χ4v) is 5.26. The van der Waals surface area contributed by atoms with Crippen molar-refractivity contribution in [3.8, 4) is 0 Å². The first kappa shape index (κ1) is 20.3. The lowest BCUT2D eigenvalue weighted by Crippen LogP contribution is -2.62. The molecule has 2 atom stereocenters. The number of benzene rings is 1. The van der Waals surface area contributed by atoms with Crippen molar-refractivity contribution >= 4 is 17.0 Å². The molecule has 2 bridgehead atoms. The Hall–Kier alpha value is -2.60. The largest absolute Gasteiger partial charge is 0.351 e. The van der Waals surface area contributed by atoms with E-state index in [1.165, 1.54) is 18.4 Å². The lowest BCUT2D eigenvalue weighted by Gasteiger charge is -2.52. The summed E-state index contributed by atoms with van der Waals surface area (Å²) >= 11 is 0. The van der Waals surface area contributed by atoms with Gasteiger partial charge in [-0.25, -0.2) is 9.78 Å². The third kappa shape index (κ3) is 3.78. The van der Waals surface area contributed by atoms with Gasteiger partial charge in [0.05, 0.1) is 5.52 Å². The van der Waals surface area contributed by atoms with Crippen molar-refractivity contribution in [2.24, 2.45) is 12.5 Å². The Balaban J connectivity index is 1.41. The molecule has 0 saturated carbocycles. The summed E-state index contributed by atoms with van der Waals surface area (Å²) in [7, 11) is 1.84. The van der Waals surface area contributed by atoms with Crippen LogP contribution in [-0.4, -0.2) is 44.2 Å². The first-order valence-electron chi connectivity index (χ1n) is 11.4. The fraction of sp³-hybridized carbons (Fsp3) is 0.520. The molecule has 164 valence electrons. The maximum Gasteiger partial charge on any atom is 0.330 e. The minimum Gasteiger partial charge on any atom is -0.351 e. The Morgan fingerprint density at radius 3 is 2.42 bits per heavy atom. The number of pyridine rings is 1. The molecule has 0 N–H and O–H groups in total. The fourth-order valence-electron chi connectivity index (χ4n) is 5.26. The zero-order valence-corrected chi connectivity index (χ0v) is 19.1. The minimum absolute atomic E-state index is 0.0174. The van der Waals surface area contributed by atoms with Crippen LogP contribution < -0.4 is 10.6 Å². The molecule has 3 aromatic rings. The quantitative estimate of drug-likeness (QED) is 0.648. The van der Waals surface area contributed by atoms with Gasteiger partial charge in [-0.15, -0.1) is 0 Å². The van der Waals surface area contributed by atoms with Gasteiger partial charge in [0.25, 0.3) is 0 Å². The molecule has 6 heteroatoms. The first-order chi connectivity index (χ1) is 14.8. The standard InChI is InChI=1S/C25H33N5O/c1-25(2,3)17-30-21-12-13-22(26-23(21)27(4)24(30)31)29-16-19-10-11-20(29)15-28(19)14-18-8-6-5-7-9-18/h5-9,12-13,19-20H,10-11,14-17H2,1-4H3. The molecule has 0 radical (unpaired) electrons. The number of imidazole rings is 1. The number of fused-ring (bicyclic) bond motifs is 4. The van der Waals surface area contributed by atoms with Gasteiger partial charge in [0, 0.05) is 45.3 Å². The van der Waals surface area contributed by atoms with Gasteiger partial charge in [-0.2, -0.15) is 0 Å². The van der Waals surface area contributed by atoms with Crippen LogP contribution in [-0.2, 0) is 20.1 Å². The molecule has 2 unspecified atom stereocenters. The SMILES string of the molecule is Cn1c(=O)n(CC(C)(C)C)c2ccc(N3CC4CCC3CN4Cc3ccccc3)nc21. The molecule has 3 saturated heterocycles. The molecule has 0 amide bonds. The minimum atomic E-state index is 0.0174. The summed E-state index contributed by atoms with van der Waals surface area (Å²) in [6.45, 7) is 10.3. The average molecular weight is 420 g/mol. The molecule has 3 aliphatic rings. The zero-order chi connectivity index (χ0) is 21.8. The molecule has 3 aliphatic heterocycles. The van der Waals surface area contributed by atoms with Crippen molar-refractivity contribution in [1.29, 1.82) is 0 Å². The summed E-state index contributed by atoms with van der Waals surface area (Å²) in [5.41, 5.74) is 3.15. The number of rotatable bonds is 4. The Morgan fingerprint density at radius 1 is 1.00 bits per heavy atom. The van der Waals surface area contributed by atoms with Gasteiger partial charge in [-0.1, -0.05) is 51.1 Å². The van der Waals surface area contributed by atoms with Crippen LogP contribution in [0.4, 0.5) is 5.82 Å². The number of hydrogen-bond donors (Lipinski definition) is 0. The van der Waals surface area contributed by atoms with E-state index in [0.717, 1.165) is 36.6 Å².